The Morgan fingerprint density at radius 3 is 2.29 bits per heavy atom. The summed E-state index contributed by atoms with van der Waals surface area (Å²) >= 11 is 0. The maximum Gasteiger partial charge on any atom is 0.241 e. The van der Waals surface area contributed by atoms with Gasteiger partial charge in [0.1, 0.15) is 28.0 Å². The second-order valence-electron chi connectivity index (χ2n) is 7.91. The number of nitrogens with zero attached hydrogens (tertiary/aromatic N) is 3. The molecule has 4 aromatic rings. The summed E-state index contributed by atoms with van der Waals surface area (Å²) in [4.78, 5) is 2.90. The van der Waals surface area contributed by atoms with Crippen LogP contribution in [0, 0.1) is 17.5 Å². The molecule has 0 amide bonds. The number of primary sulfonamides is 1. The zero-order valence-corrected chi connectivity index (χ0v) is 18.9. The quantitative estimate of drug-likeness (QED) is 0.430. The van der Waals surface area contributed by atoms with Gasteiger partial charge in [0.15, 0.2) is 5.82 Å². The topological polar surface area (TPSA) is 117 Å². The molecule has 2 heterocycles. The summed E-state index contributed by atoms with van der Waals surface area (Å²) < 4.78 is 70.0. The number of nitrogens with two attached hydrogens (primary N) is 2. The summed E-state index contributed by atoms with van der Waals surface area (Å²) in [7, 11) is -4.59. The lowest BCUT2D eigenvalue weighted by molar-refractivity contribution is 0.533. The van der Waals surface area contributed by atoms with E-state index in [-0.39, 0.29) is 28.7 Å². The number of nitrogen functional groups attached to an aromatic ring is 1. The van der Waals surface area contributed by atoms with Crippen LogP contribution < -0.4 is 10.9 Å². The van der Waals surface area contributed by atoms with Gasteiger partial charge >= 0.3 is 0 Å². The number of sulfonamides is 1. The molecule has 0 saturated carbocycles. The van der Waals surface area contributed by atoms with Gasteiger partial charge in [-0.1, -0.05) is 12.1 Å². The van der Waals surface area contributed by atoms with Crippen LogP contribution in [0.2, 0.25) is 0 Å². The molecule has 2 aromatic heterocycles. The van der Waals surface area contributed by atoms with Crippen LogP contribution in [-0.4, -0.2) is 23.2 Å². The van der Waals surface area contributed by atoms with Gasteiger partial charge in [0.05, 0.1) is 0 Å². The number of pyridine rings is 1. The molecule has 4 N–H and O–H groups in total. The first-order chi connectivity index (χ1) is 16.0. The highest BCUT2D eigenvalue weighted by atomic mass is 32.2. The number of benzene rings is 2. The fraction of sp³-hybridized carbons (Fsp3) is 0.130. The molecule has 0 radical (unpaired) electrons. The highest BCUT2D eigenvalue weighted by molar-refractivity contribution is 7.89. The number of rotatable bonds is 5. The normalized spacial score (nSPS) is 11.9. The van der Waals surface area contributed by atoms with E-state index >= 15 is 8.78 Å². The number of anilines is 1. The van der Waals surface area contributed by atoms with E-state index in [1.54, 1.807) is 23.0 Å². The van der Waals surface area contributed by atoms with Crippen molar-refractivity contribution in [1.29, 1.82) is 0 Å². The van der Waals surface area contributed by atoms with E-state index in [1.165, 1.54) is 24.4 Å². The van der Waals surface area contributed by atoms with Crippen LogP contribution in [0.15, 0.2) is 59.8 Å². The van der Waals surface area contributed by atoms with Gasteiger partial charge in [-0.15, -0.1) is 0 Å². The van der Waals surface area contributed by atoms with Crippen LogP contribution in [0.25, 0.3) is 33.5 Å². The Bertz CT molecular complexity index is 1520. The monoisotopic (exact) mass is 487 g/mol. The smallest absolute Gasteiger partial charge is 0.241 e. The fourth-order valence-electron chi connectivity index (χ4n) is 3.57. The minimum Gasteiger partial charge on any atom is -0.384 e. The Labute approximate surface area is 193 Å². The molecule has 34 heavy (non-hydrogen) atoms. The summed E-state index contributed by atoms with van der Waals surface area (Å²) in [6.45, 7) is 3.79. The summed E-state index contributed by atoms with van der Waals surface area (Å²) in [6.07, 6.45) is 3.23. The van der Waals surface area contributed by atoms with Gasteiger partial charge in [-0.05, 0) is 49.7 Å². The molecule has 0 fully saturated rings. The molecule has 0 atom stereocenters. The molecule has 2 aromatic carbocycles. The minimum atomic E-state index is -4.59. The van der Waals surface area contributed by atoms with E-state index in [1.807, 2.05) is 13.8 Å². The molecule has 176 valence electrons. The predicted octanol–water partition coefficient (Wildman–Crippen LogP) is 4.51. The summed E-state index contributed by atoms with van der Waals surface area (Å²) in [6, 6.07) is 8.50. The third-order valence-electron chi connectivity index (χ3n) is 5.21. The van der Waals surface area contributed by atoms with Crippen LogP contribution in [0.3, 0.4) is 0 Å². The minimum absolute atomic E-state index is 0.00287. The van der Waals surface area contributed by atoms with Crippen molar-refractivity contribution in [2.45, 2.75) is 24.8 Å². The van der Waals surface area contributed by atoms with E-state index in [4.69, 9.17) is 10.9 Å². The van der Waals surface area contributed by atoms with E-state index in [9.17, 15) is 12.8 Å². The van der Waals surface area contributed by atoms with E-state index in [2.05, 4.69) is 10.1 Å². The largest absolute Gasteiger partial charge is 0.384 e. The molecule has 4 rings (SSSR count). The van der Waals surface area contributed by atoms with Gasteiger partial charge in [-0.3, -0.25) is 4.68 Å². The van der Waals surface area contributed by atoms with Gasteiger partial charge in [-0.2, -0.15) is 5.10 Å². The molecule has 0 spiro atoms. The van der Waals surface area contributed by atoms with E-state index in [0.717, 1.165) is 0 Å². The van der Waals surface area contributed by atoms with Crippen molar-refractivity contribution in [3.8, 4) is 33.5 Å². The standard InChI is InChI=1S/C23H20F3N5O2S/c1-12(2)31-11-18(13-6-7-29-20(27)8-13)23(30-31)16-5-3-4-15(21(16)25)17-9-14(24)10-19(22(17)26)34(28,32)33/h3-12H,1-2H3,(H2,27,29)(H2,28,32,33). The van der Waals surface area contributed by atoms with Gasteiger partial charge < -0.3 is 5.73 Å². The average molecular weight is 488 g/mol. The Balaban J connectivity index is 1.97. The highest BCUT2D eigenvalue weighted by Gasteiger charge is 2.25. The van der Waals surface area contributed by atoms with Crippen molar-refractivity contribution in [3.63, 3.8) is 0 Å². The first-order valence-corrected chi connectivity index (χ1v) is 11.6. The van der Waals surface area contributed by atoms with Crippen LogP contribution in [0.4, 0.5) is 19.0 Å². The SMILES string of the molecule is CC(C)n1cc(-c2ccnc(N)c2)c(-c2cccc(-c3cc(F)cc(S(N)(=O)=O)c3F)c2F)n1. The lowest BCUT2D eigenvalue weighted by Crippen LogP contribution is -2.15. The Morgan fingerprint density at radius 1 is 0.941 bits per heavy atom. The Hall–Kier alpha value is -3.70. The van der Waals surface area contributed by atoms with E-state index in [0.29, 0.717) is 23.3 Å². The zero-order chi connectivity index (χ0) is 24.8. The molecular formula is C23H20F3N5O2S. The summed E-state index contributed by atoms with van der Waals surface area (Å²) in [5, 5.41) is 9.51. The number of aromatic nitrogens is 3. The predicted molar refractivity (Wildman–Crippen MR) is 122 cm³/mol. The van der Waals surface area contributed by atoms with Crippen molar-refractivity contribution in [1.82, 2.24) is 14.8 Å². The number of hydrogen-bond acceptors (Lipinski definition) is 5. The third kappa shape index (κ3) is 4.27. The lowest BCUT2D eigenvalue weighted by atomic mass is 9.97. The van der Waals surface area contributed by atoms with Crippen molar-refractivity contribution < 1.29 is 21.6 Å². The summed E-state index contributed by atoms with van der Waals surface area (Å²) in [5.41, 5.74) is 6.30. The second kappa shape index (κ2) is 8.58. The molecule has 7 nitrogen and oxygen atoms in total. The van der Waals surface area contributed by atoms with Crippen LogP contribution in [-0.2, 0) is 10.0 Å². The second-order valence-corrected chi connectivity index (χ2v) is 9.44. The molecule has 0 aliphatic rings. The number of hydrogen-bond donors (Lipinski definition) is 2. The maximum atomic E-state index is 15.8. The van der Waals surface area contributed by atoms with E-state index < -0.39 is 37.9 Å². The lowest BCUT2D eigenvalue weighted by Gasteiger charge is -2.12. The first-order valence-electron chi connectivity index (χ1n) is 10.1. The molecular weight excluding hydrogens is 467 g/mol. The van der Waals surface area contributed by atoms with Gasteiger partial charge in [0.2, 0.25) is 10.0 Å². The van der Waals surface area contributed by atoms with Crippen molar-refractivity contribution in [3.05, 3.63) is 72.3 Å². The third-order valence-corrected chi connectivity index (χ3v) is 6.12. The molecule has 0 aliphatic heterocycles. The van der Waals surface area contributed by atoms with Crippen LogP contribution in [0.5, 0.6) is 0 Å². The van der Waals surface area contributed by atoms with Crippen LogP contribution in [0.1, 0.15) is 19.9 Å². The molecule has 0 aliphatic carbocycles. The highest BCUT2D eigenvalue weighted by Crippen LogP contribution is 2.38. The average Bonchev–Trinajstić information content (AvgIpc) is 3.20. The van der Waals surface area contributed by atoms with Gasteiger partial charge in [0.25, 0.3) is 0 Å². The summed E-state index contributed by atoms with van der Waals surface area (Å²) in [5.74, 6) is -3.09. The van der Waals surface area contributed by atoms with Crippen LogP contribution >= 0.6 is 0 Å². The Morgan fingerprint density at radius 2 is 1.65 bits per heavy atom. The molecule has 11 heteroatoms. The number of halogens is 3. The fourth-order valence-corrected chi connectivity index (χ4v) is 4.21. The first kappa shape index (κ1) is 23.5. The zero-order valence-electron chi connectivity index (χ0n) is 18.1. The molecule has 0 unspecified atom stereocenters. The van der Waals surface area contributed by atoms with Gasteiger partial charge in [0, 0.05) is 40.7 Å². The van der Waals surface area contributed by atoms with Gasteiger partial charge in [-0.25, -0.2) is 31.7 Å². The Kier molecular flexibility index (Phi) is 5.92. The molecule has 0 bridgehead atoms. The van der Waals surface area contributed by atoms with Crippen molar-refractivity contribution in [2.24, 2.45) is 5.14 Å². The molecule has 0 saturated heterocycles. The van der Waals surface area contributed by atoms with Crippen molar-refractivity contribution in [2.75, 3.05) is 5.73 Å². The van der Waals surface area contributed by atoms with Crippen molar-refractivity contribution >= 4 is 15.8 Å². The maximum absolute atomic E-state index is 15.8.